The largest absolute Gasteiger partial charge is 0.468 e. The van der Waals surface area contributed by atoms with E-state index < -0.39 is 15.8 Å². The predicted molar refractivity (Wildman–Crippen MR) is 119 cm³/mol. The second-order valence-electron chi connectivity index (χ2n) is 7.76. The van der Waals surface area contributed by atoms with Gasteiger partial charge in [-0.3, -0.25) is 4.90 Å². The molecule has 1 atom stereocenters. The highest BCUT2D eigenvalue weighted by Crippen LogP contribution is 2.25. The van der Waals surface area contributed by atoms with E-state index in [0.29, 0.717) is 24.4 Å². The molecule has 4 rings (SSSR count). The maximum atomic E-state index is 13.2. The van der Waals surface area contributed by atoms with Gasteiger partial charge in [-0.25, -0.2) is 21.9 Å². The number of nitrogens with zero attached hydrogens (tertiary/aromatic N) is 2. The highest BCUT2D eigenvalue weighted by atomic mass is 32.2. The van der Waals surface area contributed by atoms with Gasteiger partial charge in [0.1, 0.15) is 17.4 Å². The second kappa shape index (κ2) is 9.81. The lowest BCUT2D eigenvalue weighted by Crippen LogP contribution is -2.49. The van der Waals surface area contributed by atoms with Gasteiger partial charge in [-0.15, -0.1) is 0 Å². The van der Waals surface area contributed by atoms with Gasteiger partial charge >= 0.3 is 0 Å². The quantitative estimate of drug-likeness (QED) is 0.556. The first kappa shape index (κ1) is 22.4. The lowest BCUT2D eigenvalue weighted by Gasteiger charge is -2.39. The Morgan fingerprint density at radius 1 is 0.906 bits per heavy atom. The lowest BCUT2D eigenvalue weighted by molar-refractivity contribution is 0.166. The third kappa shape index (κ3) is 5.73. The van der Waals surface area contributed by atoms with Crippen molar-refractivity contribution in [1.29, 1.82) is 0 Å². The molecule has 1 aliphatic rings. The zero-order valence-corrected chi connectivity index (χ0v) is 18.3. The molecule has 1 fully saturated rings. The molecule has 9 heteroatoms. The van der Waals surface area contributed by atoms with Crippen molar-refractivity contribution in [3.63, 3.8) is 0 Å². The van der Waals surface area contributed by atoms with Gasteiger partial charge in [-0.05, 0) is 54.1 Å². The Morgan fingerprint density at radius 2 is 1.53 bits per heavy atom. The van der Waals surface area contributed by atoms with E-state index in [9.17, 15) is 17.2 Å². The molecule has 0 aliphatic carbocycles. The van der Waals surface area contributed by atoms with Crippen LogP contribution < -0.4 is 9.62 Å². The minimum absolute atomic E-state index is 0.160. The van der Waals surface area contributed by atoms with E-state index in [1.165, 1.54) is 36.4 Å². The van der Waals surface area contributed by atoms with E-state index in [0.717, 1.165) is 18.8 Å². The van der Waals surface area contributed by atoms with Crippen molar-refractivity contribution in [3.8, 4) is 0 Å². The minimum Gasteiger partial charge on any atom is -0.468 e. The van der Waals surface area contributed by atoms with Gasteiger partial charge in [0, 0.05) is 38.4 Å². The Bertz CT molecular complexity index is 1100. The molecule has 2 heterocycles. The molecule has 2 aromatic carbocycles. The molecule has 32 heavy (non-hydrogen) atoms. The van der Waals surface area contributed by atoms with Crippen LogP contribution >= 0.6 is 0 Å². The van der Waals surface area contributed by atoms with Crippen molar-refractivity contribution in [3.05, 3.63) is 89.9 Å². The average molecular weight is 462 g/mol. The first-order valence-electron chi connectivity index (χ1n) is 10.4. The Labute approximate surface area is 186 Å². The second-order valence-corrected chi connectivity index (χ2v) is 9.57. The summed E-state index contributed by atoms with van der Waals surface area (Å²) < 4.78 is 59.8. The Morgan fingerprint density at radius 3 is 2.12 bits per heavy atom. The van der Waals surface area contributed by atoms with E-state index >= 15 is 0 Å². The van der Waals surface area contributed by atoms with Gasteiger partial charge in [0.15, 0.2) is 0 Å². The summed E-state index contributed by atoms with van der Waals surface area (Å²) in [5.41, 5.74) is 1.47. The van der Waals surface area contributed by atoms with Crippen LogP contribution in [-0.4, -0.2) is 46.0 Å². The number of benzene rings is 2. The smallest absolute Gasteiger partial charge is 0.215 e. The Hall–Kier alpha value is -2.75. The molecule has 0 bridgehead atoms. The fourth-order valence-electron chi connectivity index (χ4n) is 3.89. The lowest BCUT2D eigenvalue weighted by atomic mass is 10.1. The van der Waals surface area contributed by atoms with Gasteiger partial charge in [-0.2, -0.15) is 0 Å². The van der Waals surface area contributed by atoms with Crippen LogP contribution in [0.3, 0.4) is 0 Å². The summed E-state index contributed by atoms with van der Waals surface area (Å²) in [5.74, 6) is -0.212. The topological polar surface area (TPSA) is 65.8 Å². The van der Waals surface area contributed by atoms with Crippen molar-refractivity contribution >= 4 is 15.7 Å². The number of hydrogen-bond donors (Lipinski definition) is 1. The summed E-state index contributed by atoms with van der Waals surface area (Å²) >= 11 is 0. The van der Waals surface area contributed by atoms with E-state index in [-0.39, 0.29) is 24.2 Å². The van der Waals surface area contributed by atoms with Crippen molar-refractivity contribution < 1.29 is 21.6 Å². The number of halogens is 2. The van der Waals surface area contributed by atoms with Crippen LogP contribution in [0.25, 0.3) is 0 Å². The van der Waals surface area contributed by atoms with Crippen molar-refractivity contribution in [2.24, 2.45) is 0 Å². The number of sulfonamides is 1. The fraction of sp³-hybridized carbons (Fsp3) is 0.304. The molecular formula is C23H25F2N3O3S. The maximum Gasteiger partial charge on any atom is 0.215 e. The highest BCUT2D eigenvalue weighted by molar-refractivity contribution is 7.88. The van der Waals surface area contributed by atoms with Gasteiger partial charge in [0.2, 0.25) is 10.0 Å². The highest BCUT2D eigenvalue weighted by Gasteiger charge is 2.28. The molecule has 3 aromatic rings. The van der Waals surface area contributed by atoms with Gasteiger partial charge in [0.05, 0.1) is 18.1 Å². The standard InChI is InChI=1S/C23H25F2N3O3S/c24-19-5-3-18(4-6-19)17-32(29,30)26-16-22(23-2-1-15-31-23)28-13-11-27(12-14-28)21-9-7-20(25)8-10-21/h1-10,15,22,26H,11-14,16-17H2. The Balaban J connectivity index is 1.40. The number of anilines is 1. The van der Waals surface area contributed by atoms with Crippen LogP contribution in [0.5, 0.6) is 0 Å². The van der Waals surface area contributed by atoms with E-state index in [1.54, 1.807) is 24.5 Å². The monoisotopic (exact) mass is 461 g/mol. The molecule has 1 unspecified atom stereocenters. The first-order valence-corrected chi connectivity index (χ1v) is 12.0. The molecule has 6 nitrogen and oxygen atoms in total. The molecule has 0 radical (unpaired) electrons. The molecule has 0 amide bonds. The van der Waals surface area contributed by atoms with Crippen LogP contribution in [0.1, 0.15) is 17.4 Å². The molecule has 1 aromatic heterocycles. The third-order valence-corrected chi connectivity index (χ3v) is 6.90. The number of piperazine rings is 1. The summed E-state index contributed by atoms with van der Waals surface area (Å²) in [7, 11) is -3.62. The van der Waals surface area contributed by atoms with Gasteiger partial charge in [-0.1, -0.05) is 12.1 Å². The van der Waals surface area contributed by atoms with Crippen LogP contribution in [0.4, 0.5) is 14.5 Å². The van der Waals surface area contributed by atoms with E-state index in [2.05, 4.69) is 14.5 Å². The third-order valence-electron chi connectivity index (χ3n) is 5.58. The van der Waals surface area contributed by atoms with Gasteiger partial charge < -0.3 is 9.32 Å². The first-order chi connectivity index (χ1) is 15.4. The molecule has 1 N–H and O–H groups in total. The van der Waals surface area contributed by atoms with Crippen LogP contribution in [-0.2, 0) is 15.8 Å². The SMILES string of the molecule is O=S(=O)(Cc1ccc(F)cc1)NCC(c1ccco1)N1CCN(c2ccc(F)cc2)CC1. The summed E-state index contributed by atoms with van der Waals surface area (Å²) in [5, 5.41) is 0. The number of hydrogen-bond acceptors (Lipinski definition) is 5. The van der Waals surface area contributed by atoms with E-state index in [4.69, 9.17) is 4.42 Å². The summed E-state index contributed by atoms with van der Waals surface area (Å²) in [6.45, 7) is 3.01. The Kier molecular flexibility index (Phi) is 6.88. The predicted octanol–water partition coefficient (Wildman–Crippen LogP) is 3.54. The van der Waals surface area contributed by atoms with Gasteiger partial charge in [0.25, 0.3) is 0 Å². The molecule has 0 saturated carbocycles. The summed E-state index contributed by atoms with van der Waals surface area (Å²) in [6, 6.07) is 15.2. The molecule has 0 spiro atoms. The molecule has 170 valence electrons. The number of furan rings is 1. The number of rotatable bonds is 8. The molecular weight excluding hydrogens is 436 g/mol. The van der Waals surface area contributed by atoms with Crippen molar-refractivity contribution in [2.75, 3.05) is 37.6 Å². The zero-order chi connectivity index (χ0) is 22.6. The summed E-state index contributed by atoms with van der Waals surface area (Å²) in [6.07, 6.45) is 1.57. The molecule has 1 aliphatic heterocycles. The molecule has 1 saturated heterocycles. The fourth-order valence-corrected chi connectivity index (χ4v) is 5.04. The number of nitrogens with one attached hydrogen (secondary N) is 1. The zero-order valence-electron chi connectivity index (χ0n) is 17.5. The van der Waals surface area contributed by atoms with Crippen LogP contribution in [0.2, 0.25) is 0 Å². The average Bonchev–Trinajstić information content (AvgIpc) is 3.31. The van der Waals surface area contributed by atoms with Crippen molar-refractivity contribution in [2.45, 2.75) is 11.8 Å². The van der Waals surface area contributed by atoms with E-state index in [1.807, 2.05) is 6.07 Å². The van der Waals surface area contributed by atoms with Crippen LogP contribution in [0.15, 0.2) is 71.3 Å². The summed E-state index contributed by atoms with van der Waals surface area (Å²) in [4.78, 5) is 4.35. The maximum absolute atomic E-state index is 13.2. The van der Waals surface area contributed by atoms with Crippen molar-refractivity contribution in [1.82, 2.24) is 9.62 Å². The minimum atomic E-state index is -3.62. The normalized spacial score (nSPS) is 16.2. The van der Waals surface area contributed by atoms with Crippen LogP contribution in [0, 0.1) is 11.6 Å².